The number of Topliss-reactive ketones (excluding diaryl/α,β-unsaturated/α-hetero) is 1. The van der Waals surface area contributed by atoms with E-state index in [0.717, 1.165) is 5.56 Å². The molecule has 0 bridgehead atoms. The Labute approximate surface area is 155 Å². The van der Waals surface area contributed by atoms with Crippen molar-refractivity contribution in [3.63, 3.8) is 0 Å². The van der Waals surface area contributed by atoms with E-state index >= 15 is 0 Å². The summed E-state index contributed by atoms with van der Waals surface area (Å²) in [6, 6.07) is 25.6. The number of carbonyl (C=O) groups excluding carboxylic acids is 1. The van der Waals surface area contributed by atoms with Gasteiger partial charge < -0.3 is 5.43 Å². The summed E-state index contributed by atoms with van der Waals surface area (Å²) in [5.41, 5.74) is 4.73. The Morgan fingerprint density at radius 1 is 0.852 bits per heavy atom. The van der Waals surface area contributed by atoms with E-state index in [-0.39, 0.29) is 17.9 Å². The molecule has 0 atom stereocenters. The molecule has 132 valence electrons. The van der Waals surface area contributed by atoms with E-state index < -0.39 is 0 Å². The summed E-state index contributed by atoms with van der Waals surface area (Å²) in [5, 5.41) is 0.497. The molecule has 0 aliphatic rings. The number of fused-ring (bicyclic) bond motifs is 1. The highest BCUT2D eigenvalue weighted by molar-refractivity contribution is 5.98. The number of aromatic nitrogens is 2. The van der Waals surface area contributed by atoms with Gasteiger partial charge in [-0.3, -0.25) is 9.59 Å². The number of para-hydroxylation sites is 1. The van der Waals surface area contributed by atoms with Gasteiger partial charge in [-0.05, 0) is 12.1 Å². The Kier molecular flexibility index (Phi) is 4.49. The fourth-order valence-corrected chi connectivity index (χ4v) is 2.94. The van der Waals surface area contributed by atoms with E-state index in [1.54, 1.807) is 24.3 Å². The molecule has 0 saturated heterocycles. The van der Waals surface area contributed by atoms with Gasteiger partial charge >= 0.3 is 0 Å². The topological polar surface area (TPSA) is 64.0 Å². The second-order valence-electron chi connectivity index (χ2n) is 6.08. The van der Waals surface area contributed by atoms with E-state index in [4.69, 9.17) is 0 Å². The molecule has 0 aliphatic heterocycles. The van der Waals surface area contributed by atoms with Crippen LogP contribution in [0.15, 0.2) is 89.7 Å². The van der Waals surface area contributed by atoms with Crippen molar-refractivity contribution in [3.8, 4) is 11.4 Å². The molecule has 0 saturated carbocycles. The molecular formula is C22H17N3O2. The lowest BCUT2D eigenvalue weighted by Crippen LogP contribution is -2.34. The third-order valence-electron chi connectivity index (χ3n) is 4.30. The molecule has 4 aromatic rings. The Hall–Kier alpha value is -3.73. The summed E-state index contributed by atoms with van der Waals surface area (Å²) in [6.07, 6.45) is 0. The summed E-state index contributed by atoms with van der Waals surface area (Å²) in [5.74, 6) is 0.370. The van der Waals surface area contributed by atoms with E-state index in [1.807, 2.05) is 60.7 Å². The van der Waals surface area contributed by atoms with Crippen LogP contribution >= 0.6 is 0 Å². The van der Waals surface area contributed by atoms with Crippen LogP contribution in [0.3, 0.4) is 0 Å². The van der Waals surface area contributed by atoms with Crippen molar-refractivity contribution in [3.05, 3.63) is 101 Å². The van der Waals surface area contributed by atoms with Gasteiger partial charge in [0.1, 0.15) is 0 Å². The highest BCUT2D eigenvalue weighted by Gasteiger charge is 2.14. The van der Waals surface area contributed by atoms with E-state index in [2.05, 4.69) is 10.4 Å². The summed E-state index contributed by atoms with van der Waals surface area (Å²) >= 11 is 0. The zero-order valence-corrected chi connectivity index (χ0v) is 14.5. The zero-order valence-electron chi connectivity index (χ0n) is 14.5. The smallest absolute Gasteiger partial charge is 0.280 e. The average Bonchev–Trinajstić information content (AvgIpc) is 2.74. The van der Waals surface area contributed by atoms with Gasteiger partial charge in [0.05, 0.1) is 17.4 Å². The van der Waals surface area contributed by atoms with Gasteiger partial charge in [-0.1, -0.05) is 72.8 Å². The maximum Gasteiger partial charge on any atom is 0.280 e. The fraction of sp³-hybridized carbons (Fsp3) is 0.0455. The number of nitrogens with one attached hydrogen (secondary N) is 1. The van der Waals surface area contributed by atoms with E-state index in [1.165, 1.54) is 4.68 Å². The second-order valence-corrected chi connectivity index (χ2v) is 6.08. The number of carbonyl (C=O) groups is 1. The van der Waals surface area contributed by atoms with Crippen LogP contribution in [0.5, 0.6) is 0 Å². The molecule has 4 rings (SSSR count). The van der Waals surface area contributed by atoms with Gasteiger partial charge in [-0.2, -0.15) is 0 Å². The monoisotopic (exact) mass is 355 g/mol. The lowest BCUT2D eigenvalue weighted by atomic mass is 10.1. The minimum atomic E-state index is -0.236. The summed E-state index contributed by atoms with van der Waals surface area (Å²) in [7, 11) is 0. The van der Waals surface area contributed by atoms with Crippen LogP contribution in [0.2, 0.25) is 0 Å². The van der Waals surface area contributed by atoms with Gasteiger partial charge in [0.15, 0.2) is 11.6 Å². The van der Waals surface area contributed by atoms with Crippen molar-refractivity contribution in [2.24, 2.45) is 0 Å². The molecule has 3 aromatic carbocycles. The number of hydrogen-bond donors (Lipinski definition) is 1. The highest BCUT2D eigenvalue weighted by atomic mass is 16.1. The minimum absolute atomic E-state index is 0.0101. The first-order chi connectivity index (χ1) is 13.2. The van der Waals surface area contributed by atoms with Crippen molar-refractivity contribution >= 4 is 16.7 Å². The van der Waals surface area contributed by atoms with Gasteiger partial charge in [0.25, 0.3) is 5.56 Å². The number of benzene rings is 3. The summed E-state index contributed by atoms with van der Waals surface area (Å²) in [6.45, 7) is -0.0101. The van der Waals surface area contributed by atoms with Crippen LogP contribution < -0.4 is 11.0 Å². The third-order valence-corrected chi connectivity index (χ3v) is 4.30. The highest BCUT2D eigenvalue weighted by Crippen LogP contribution is 2.17. The van der Waals surface area contributed by atoms with Crippen LogP contribution in [0, 0.1) is 0 Å². The van der Waals surface area contributed by atoms with Crippen molar-refractivity contribution < 1.29 is 4.79 Å². The molecule has 5 nitrogen and oxygen atoms in total. The van der Waals surface area contributed by atoms with Crippen molar-refractivity contribution in [1.82, 2.24) is 9.66 Å². The van der Waals surface area contributed by atoms with Gasteiger partial charge in [0, 0.05) is 11.1 Å². The number of hydrogen-bond acceptors (Lipinski definition) is 4. The third kappa shape index (κ3) is 3.35. The lowest BCUT2D eigenvalue weighted by molar-refractivity contribution is 0.100. The summed E-state index contributed by atoms with van der Waals surface area (Å²) in [4.78, 5) is 30.1. The Morgan fingerprint density at radius 3 is 2.22 bits per heavy atom. The molecule has 0 spiro atoms. The molecule has 1 heterocycles. The first-order valence-corrected chi connectivity index (χ1v) is 8.63. The second kappa shape index (κ2) is 7.25. The molecule has 1 aromatic heterocycles. The Bertz CT molecular complexity index is 1150. The van der Waals surface area contributed by atoms with Crippen LogP contribution in [0.1, 0.15) is 10.4 Å². The molecule has 5 heteroatoms. The molecule has 0 fully saturated rings. The van der Waals surface area contributed by atoms with Crippen LogP contribution in [0.4, 0.5) is 0 Å². The molecule has 0 unspecified atom stereocenters. The maximum absolute atomic E-state index is 13.0. The van der Waals surface area contributed by atoms with Crippen molar-refractivity contribution in [2.45, 2.75) is 0 Å². The molecule has 0 aliphatic carbocycles. The number of rotatable bonds is 5. The first-order valence-electron chi connectivity index (χ1n) is 8.63. The van der Waals surface area contributed by atoms with E-state index in [9.17, 15) is 9.59 Å². The standard InChI is InChI=1S/C22H17N3O2/c26-20(16-9-3-1-4-10-16)15-23-25-21(17-11-5-2-6-12-17)24-19-14-8-7-13-18(19)22(25)27/h1-14,23H,15H2. The molecule has 0 radical (unpaired) electrons. The van der Waals surface area contributed by atoms with Gasteiger partial charge in [-0.25, -0.2) is 9.66 Å². The Balaban J connectivity index is 1.77. The van der Waals surface area contributed by atoms with Crippen molar-refractivity contribution in [2.75, 3.05) is 12.0 Å². The van der Waals surface area contributed by atoms with Crippen molar-refractivity contribution in [1.29, 1.82) is 0 Å². The van der Waals surface area contributed by atoms with Crippen LogP contribution in [-0.2, 0) is 0 Å². The quantitative estimate of drug-likeness (QED) is 0.557. The molecule has 1 N–H and O–H groups in total. The predicted molar refractivity (Wildman–Crippen MR) is 106 cm³/mol. The molecule has 27 heavy (non-hydrogen) atoms. The van der Waals surface area contributed by atoms with Gasteiger partial charge in [-0.15, -0.1) is 0 Å². The van der Waals surface area contributed by atoms with E-state index in [0.29, 0.717) is 22.3 Å². The van der Waals surface area contributed by atoms with Crippen LogP contribution in [-0.4, -0.2) is 22.0 Å². The maximum atomic E-state index is 13.0. The SMILES string of the molecule is O=C(CNn1c(-c2ccccc2)nc2ccccc2c1=O)c1ccccc1. The number of nitrogens with zero attached hydrogens (tertiary/aromatic N) is 2. The first kappa shape index (κ1) is 16.7. The molecular weight excluding hydrogens is 338 g/mol. The minimum Gasteiger partial charge on any atom is -0.313 e. The zero-order chi connectivity index (χ0) is 18.6. The normalized spacial score (nSPS) is 10.7. The van der Waals surface area contributed by atoms with Crippen LogP contribution in [0.25, 0.3) is 22.3 Å². The number of ketones is 1. The van der Waals surface area contributed by atoms with Gasteiger partial charge in [0.2, 0.25) is 0 Å². The summed E-state index contributed by atoms with van der Waals surface area (Å²) < 4.78 is 1.36. The molecule has 0 amide bonds. The fourth-order valence-electron chi connectivity index (χ4n) is 2.94. The average molecular weight is 355 g/mol. The predicted octanol–water partition coefficient (Wildman–Crippen LogP) is 3.49. The Morgan fingerprint density at radius 2 is 1.48 bits per heavy atom. The lowest BCUT2D eigenvalue weighted by Gasteiger charge is -2.15. The largest absolute Gasteiger partial charge is 0.313 e.